The van der Waals surface area contributed by atoms with Crippen molar-refractivity contribution in [2.24, 2.45) is 0 Å². The zero-order chi connectivity index (χ0) is 6.20. The fourth-order valence-electron chi connectivity index (χ4n) is 0.496. The van der Waals surface area contributed by atoms with Gasteiger partial charge < -0.3 is 10.4 Å². The third-order valence-corrected chi connectivity index (χ3v) is 2.09. The number of alkyl halides is 1. The summed E-state index contributed by atoms with van der Waals surface area (Å²) in [7, 11) is 0. The topological polar surface area (TPSA) is 49.3 Å². The molecule has 0 aromatic heterocycles. The third kappa shape index (κ3) is 0.736. The molecule has 8 heavy (non-hydrogen) atoms. The Morgan fingerprint density at radius 1 is 1.75 bits per heavy atom. The molecule has 46 valence electrons. The molecule has 0 aromatic carbocycles. The summed E-state index contributed by atoms with van der Waals surface area (Å²) in [6, 6.07) is 0. The molecule has 0 saturated carbocycles. The van der Waals surface area contributed by atoms with Crippen LogP contribution in [0.25, 0.3) is 0 Å². The molecule has 1 heterocycles. The molecular weight excluding hydrogens is 174 g/mol. The second-order valence-corrected chi connectivity index (χ2v) is 3.39. The largest absolute Gasteiger partial charge is 0.480 e. The quantitative estimate of drug-likeness (QED) is 0.549. The van der Waals surface area contributed by atoms with E-state index in [4.69, 9.17) is 5.11 Å². The normalized spacial score (nSPS) is 24.1. The molecule has 0 radical (unpaired) electrons. The Kier molecular flexibility index (Phi) is 1.28. The van der Waals surface area contributed by atoms with Crippen LogP contribution in [0, 0.1) is 0 Å². The average Bonchev–Trinajstić information content (AvgIpc) is 1.60. The molecule has 0 aromatic rings. The summed E-state index contributed by atoms with van der Waals surface area (Å²) >= 11 is 3.07. The lowest BCUT2D eigenvalue weighted by atomic mass is 10.0. The summed E-state index contributed by atoms with van der Waals surface area (Å²) in [5, 5.41) is 11.3. The second kappa shape index (κ2) is 1.70. The van der Waals surface area contributed by atoms with Crippen molar-refractivity contribution < 1.29 is 9.90 Å². The van der Waals surface area contributed by atoms with Crippen LogP contribution in [-0.4, -0.2) is 28.5 Å². The predicted octanol–water partition coefficient (Wildman–Crippen LogP) is -0.192. The van der Waals surface area contributed by atoms with E-state index in [-0.39, 0.29) is 0 Å². The lowest BCUT2D eigenvalue weighted by Crippen LogP contribution is -2.59. The van der Waals surface area contributed by atoms with Gasteiger partial charge in [0.15, 0.2) is 0 Å². The standard InChI is InChI=1S/C4H6BrNO2/c5-4(3(7)8)1-6-2-4/h6H,1-2H2,(H,7,8). The Morgan fingerprint density at radius 2 is 2.25 bits per heavy atom. The molecule has 3 nitrogen and oxygen atoms in total. The summed E-state index contributed by atoms with van der Waals surface area (Å²) in [5.74, 6) is -0.781. The molecular formula is C4H6BrNO2. The number of halogens is 1. The van der Waals surface area contributed by atoms with Gasteiger partial charge in [-0.25, -0.2) is 0 Å². The van der Waals surface area contributed by atoms with E-state index < -0.39 is 10.3 Å². The Hall–Kier alpha value is -0.0900. The smallest absolute Gasteiger partial charge is 0.323 e. The molecule has 0 aliphatic carbocycles. The van der Waals surface area contributed by atoms with E-state index in [9.17, 15) is 4.79 Å². The molecule has 1 saturated heterocycles. The van der Waals surface area contributed by atoms with Gasteiger partial charge in [0.25, 0.3) is 0 Å². The van der Waals surface area contributed by atoms with Crippen molar-refractivity contribution in [2.75, 3.05) is 13.1 Å². The van der Waals surface area contributed by atoms with E-state index in [0.29, 0.717) is 13.1 Å². The zero-order valence-corrected chi connectivity index (χ0v) is 5.73. The van der Waals surface area contributed by atoms with Crippen molar-refractivity contribution in [3.05, 3.63) is 0 Å². The maximum atomic E-state index is 10.2. The predicted molar refractivity (Wildman–Crippen MR) is 32.2 cm³/mol. The molecule has 0 spiro atoms. The Labute approximate surface area is 55.2 Å². The maximum Gasteiger partial charge on any atom is 0.323 e. The van der Waals surface area contributed by atoms with Gasteiger partial charge in [-0.1, -0.05) is 15.9 Å². The summed E-state index contributed by atoms with van der Waals surface area (Å²) in [5.41, 5.74) is 0. The number of carboxylic acids is 1. The first-order valence-corrected chi connectivity index (χ1v) is 3.07. The van der Waals surface area contributed by atoms with E-state index >= 15 is 0 Å². The van der Waals surface area contributed by atoms with Crippen LogP contribution < -0.4 is 5.32 Å². The van der Waals surface area contributed by atoms with Crippen molar-refractivity contribution in [1.82, 2.24) is 5.32 Å². The lowest BCUT2D eigenvalue weighted by molar-refractivity contribution is -0.140. The van der Waals surface area contributed by atoms with Gasteiger partial charge in [-0.05, 0) is 0 Å². The van der Waals surface area contributed by atoms with Crippen LogP contribution in [0.4, 0.5) is 0 Å². The molecule has 1 aliphatic heterocycles. The van der Waals surface area contributed by atoms with Crippen molar-refractivity contribution in [1.29, 1.82) is 0 Å². The molecule has 0 unspecified atom stereocenters. The second-order valence-electron chi connectivity index (χ2n) is 1.87. The molecule has 1 aliphatic rings. The number of carboxylic acid groups (broad SMARTS) is 1. The number of hydrogen-bond acceptors (Lipinski definition) is 2. The highest BCUT2D eigenvalue weighted by molar-refractivity contribution is 9.10. The first-order chi connectivity index (χ1) is 3.65. The summed E-state index contributed by atoms with van der Waals surface area (Å²) < 4.78 is -0.660. The van der Waals surface area contributed by atoms with E-state index in [1.807, 2.05) is 0 Å². The van der Waals surface area contributed by atoms with E-state index in [1.165, 1.54) is 0 Å². The fraction of sp³-hybridized carbons (Fsp3) is 0.750. The van der Waals surface area contributed by atoms with Crippen LogP contribution >= 0.6 is 15.9 Å². The molecule has 1 fully saturated rings. The van der Waals surface area contributed by atoms with Gasteiger partial charge >= 0.3 is 5.97 Å². The summed E-state index contributed by atoms with van der Waals surface area (Å²) in [6.07, 6.45) is 0. The lowest BCUT2D eigenvalue weighted by Gasteiger charge is -2.32. The van der Waals surface area contributed by atoms with E-state index in [2.05, 4.69) is 21.2 Å². The highest BCUT2D eigenvalue weighted by Gasteiger charge is 2.41. The van der Waals surface area contributed by atoms with Gasteiger partial charge in [0, 0.05) is 13.1 Å². The molecule has 2 N–H and O–H groups in total. The highest BCUT2D eigenvalue weighted by Crippen LogP contribution is 2.22. The first-order valence-electron chi connectivity index (χ1n) is 2.28. The minimum absolute atomic E-state index is 0.530. The van der Waals surface area contributed by atoms with Crippen molar-refractivity contribution in [3.8, 4) is 0 Å². The van der Waals surface area contributed by atoms with Gasteiger partial charge in [-0.2, -0.15) is 0 Å². The summed E-state index contributed by atoms with van der Waals surface area (Å²) in [6.45, 7) is 1.06. The van der Waals surface area contributed by atoms with Crippen LogP contribution in [0.1, 0.15) is 0 Å². The van der Waals surface area contributed by atoms with Gasteiger partial charge in [0.05, 0.1) is 0 Å². The molecule has 0 amide bonds. The molecule has 0 bridgehead atoms. The highest BCUT2D eigenvalue weighted by atomic mass is 79.9. The van der Waals surface area contributed by atoms with Crippen LogP contribution in [0.5, 0.6) is 0 Å². The number of nitrogens with one attached hydrogen (secondary N) is 1. The molecule has 1 rings (SSSR count). The van der Waals surface area contributed by atoms with Gasteiger partial charge in [0.1, 0.15) is 4.32 Å². The molecule has 4 heteroatoms. The first kappa shape index (κ1) is 6.04. The zero-order valence-electron chi connectivity index (χ0n) is 4.15. The average molecular weight is 180 g/mol. The van der Waals surface area contributed by atoms with Crippen LogP contribution in [0.2, 0.25) is 0 Å². The van der Waals surface area contributed by atoms with E-state index in [1.54, 1.807) is 0 Å². The van der Waals surface area contributed by atoms with Crippen LogP contribution in [0.3, 0.4) is 0 Å². The Balaban J connectivity index is 2.53. The van der Waals surface area contributed by atoms with Crippen LogP contribution in [0.15, 0.2) is 0 Å². The summed E-state index contributed by atoms with van der Waals surface area (Å²) in [4.78, 5) is 10.2. The van der Waals surface area contributed by atoms with Gasteiger partial charge in [-0.3, -0.25) is 4.79 Å². The Bertz CT molecular complexity index is 121. The number of rotatable bonds is 1. The van der Waals surface area contributed by atoms with Gasteiger partial charge in [0.2, 0.25) is 0 Å². The minimum Gasteiger partial charge on any atom is -0.480 e. The van der Waals surface area contributed by atoms with Crippen LogP contribution in [-0.2, 0) is 4.79 Å². The monoisotopic (exact) mass is 179 g/mol. The van der Waals surface area contributed by atoms with Gasteiger partial charge in [-0.15, -0.1) is 0 Å². The fourth-order valence-corrected chi connectivity index (χ4v) is 0.892. The number of hydrogen-bond donors (Lipinski definition) is 2. The third-order valence-electron chi connectivity index (χ3n) is 1.19. The molecule has 0 atom stereocenters. The maximum absolute atomic E-state index is 10.2. The minimum atomic E-state index is -0.781. The van der Waals surface area contributed by atoms with E-state index in [0.717, 1.165) is 0 Å². The van der Waals surface area contributed by atoms with Crippen molar-refractivity contribution >= 4 is 21.9 Å². The number of carbonyl (C=O) groups is 1. The Morgan fingerprint density at radius 3 is 2.25 bits per heavy atom. The van der Waals surface area contributed by atoms with Crippen molar-refractivity contribution in [3.63, 3.8) is 0 Å². The number of aliphatic carboxylic acids is 1. The van der Waals surface area contributed by atoms with Crippen molar-refractivity contribution in [2.45, 2.75) is 4.32 Å². The SMILES string of the molecule is O=C(O)C1(Br)CNC1.